The maximum Gasteiger partial charge on any atom is 0.247 e. The molecule has 3 rings (SSSR count). The molecule has 1 fully saturated rings. The highest BCUT2D eigenvalue weighted by Gasteiger charge is 2.36. The zero-order chi connectivity index (χ0) is 16.9. The number of rotatable bonds is 5. The number of nitrogens with one attached hydrogen (secondary N) is 1. The van der Waals surface area contributed by atoms with Crippen molar-refractivity contribution in [3.63, 3.8) is 0 Å². The summed E-state index contributed by atoms with van der Waals surface area (Å²) in [7, 11) is 0. The lowest BCUT2D eigenvalue weighted by molar-refractivity contribution is -0.141. The van der Waals surface area contributed by atoms with Gasteiger partial charge in [-0.2, -0.15) is 0 Å². The zero-order valence-electron chi connectivity index (χ0n) is 14.6. The molecule has 0 aromatic heterocycles. The van der Waals surface area contributed by atoms with Gasteiger partial charge in [-0.05, 0) is 36.3 Å². The second kappa shape index (κ2) is 7.82. The summed E-state index contributed by atoms with van der Waals surface area (Å²) < 4.78 is 0. The van der Waals surface area contributed by atoms with E-state index in [1.54, 1.807) is 4.90 Å². The van der Waals surface area contributed by atoms with Crippen molar-refractivity contribution >= 4 is 11.8 Å². The Morgan fingerprint density at radius 2 is 1.96 bits per heavy atom. The number of amides is 2. The van der Waals surface area contributed by atoms with Gasteiger partial charge in [0.15, 0.2) is 0 Å². The molecule has 1 aromatic carbocycles. The molecule has 0 spiro atoms. The van der Waals surface area contributed by atoms with Crippen LogP contribution in [0.1, 0.15) is 62.6 Å². The van der Waals surface area contributed by atoms with Crippen LogP contribution in [-0.2, 0) is 16.0 Å². The van der Waals surface area contributed by atoms with Crippen LogP contribution in [0.2, 0.25) is 0 Å². The molecule has 1 aliphatic heterocycles. The van der Waals surface area contributed by atoms with Gasteiger partial charge in [0.25, 0.3) is 0 Å². The van der Waals surface area contributed by atoms with Gasteiger partial charge in [-0.25, -0.2) is 0 Å². The summed E-state index contributed by atoms with van der Waals surface area (Å²) in [6.07, 6.45) is 7.54. The predicted molar refractivity (Wildman–Crippen MR) is 94.5 cm³/mol. The largest absolute Gasteiger partial charge is 0.354 e. The van der Waals surface area contributed by atoms with Crippen LogP contribution in [0.5, 0.6) is 0 Å². The fourth-order valence-electron chi connectivity index (χ4n) is 4.05. The van der Waals surface area contributed by atoms with E-state index in [1.165, 1.54) is 32.1 Å². The van der Waals surface area contributed by atoms with Crippen molar-refractivity contribution in [2.75, 3.05) is 13.1 Å². The van der Waals surface area contributed by atoms with E-state index in [-0.39, 0.29) is 11.8 Å². The first-order chi connectivity index (χ1) is 11.7. The SMILES string of the molecule is CCCN1C(=O)Cc2ccccc2[C@@H]1C(=O)NCC1CCCCC1. The standard InChI is InChI=1S/C20H28N2O2/c1-2-12-22-18(23)13-16-10-6-7-11-17(16)19(22)20(24)21-14-15-8-4-3-5-9-15/h6-7,10-11,15,19H,2-5,8-9,12-14H2,1H3,(H,21,24)/t19-/m1/s1. The minimum absolute atomic E-state index is 0.0190. The minimum atomic E-state index is -0.467. The number of fused-ring (bicyclic) bond motifs is 1. The van der Waals surface area contributed by atoms with Gasteiger partial charge in [0.2, 0.25) is 11.8 Å². The van der Waals surface area contributed by atoms with Crippen molar-refractivity contribution in [1.29, 1.82) is 0 Å². The van der Waals surface area contributed by atoms with Crippen LogP contribution < -0.4 is 5.32 Å². The first-order valence-corrected chi connectivity index (χ1v) is 9.35. The summed E-state index contributed by atoms with van der Waals surface area (Å²) in [6.45, 7) is 3.42. The van der Waals surface area contributed by atoms with Crippen LogP contribution >= 0.6 is 0 Å². The fourth-order valence-corrected chi connectivity index (χ4v) is 4.05. The first kappa shape index (κ1) is 17.0. The highest BCUT2D eigenvalue weighted by Crippen LogP contribution is 2.31. The minimum Gasteiger partial charge on any atom is -0.354 e. The number of benzene rings is 1. The number of hydrogen-bond donors (Lipinski definition) is 1. The van der Waals surface area contributed by atoms with Crippen LogP contribution in [0, 0.1) is 5.92 Å². The quantitative estimate of drug-likeness (QED) is 0.902. The van der Waals surface area contributed by atoms with Gasteiger partial charge >= 0.3 is 0 Å². The van der Waals surface area contributed by atoms with E-state index >= 15 is 0 Å². The third-order valence-corrected chi connectivity index (χ3v) is 5.33. The van der Waals surface area contributed by atoms with Gasteiger partial charge in [0.05, 0.1) is 6.42 Å². The Balaban J connectivity index is 1.76. The average molecular weight is 328 g/mol. The number of hydrogen-bond acceptors (Lipinski definition) is 2. The van der Waals surface area contributed by atoms with Crippen LogP contribution in [0.25, 0.3) is 0 Å². The summed E-state index contributed by atoms with van der Waals surface area (Å²) >= 11 is 0. The van der Waals surface area contributed by atoms with Crippen LogP contribution in [0.4, 0.5) is 0 Å². The lowest BCUT2D eigenvalue weighted by Crippen LogP contribution is -2.48. The van der Waals surface area contributed by atoms with Crippen LogP contribution in [0.3, 0.4) is 0 Å². The first-order valence-electron chi connectivity index (χ1n) is 9.35. The Labute approximate surface area is 144 Å². The average Bonchev–Trinajstić information content (AvgIpc) is 2.61. The fraction of sp³-hybridized carbons (Fsp3) is 0.600. The summed E-state index contributed by atoms with van der Waals surface area (Å²) in [4.78, 5) is 27.2. The smallest absolute Gasteiger partial charge is 0.247 e. The molecule has 4 heteroatoms. The highest BCUT2D eigenvalue weighted by atomic mass is 16.2. The molecule has 1 heterocycles. The molecule has 1 saturated carbocycles. The Morgan fingerprint density at radius 1 is 1.21 bits per heavy atom. The van der Waals surface area contributed by atoms with Crippen molar-refractivity contribution in [1.82, 2.24) is 10.2 Å². The molecule has 1 N–H and O–H groups in total. The number of carbonyl (C=O) groups excluding carboxylic acids is 2. The Kier molecular flexibility index (Phi) is 5.54. The summed E-state index contributed by atoms with van der Waals surface area (Å²) in [5.74, 6) is 0.639. The summed E-state index contributed by atoms with van der Waals surface area (Å²) in [6, 6.07) is 7.40. The van der Waals surface area contributed by atoms with E-state index in [1.807, 2.05) is 31.2 Å². The highest BCUT2D eigenvalue weighted by molar-refractivity contribution is 5.92. The second-order valence-electron chi connectivity index (χ2n) is 7.11. The van der Waals surface area contributed by atoms with Crippen molar-refractivity contribution < 1.29 is 9.59 Å². The van der Waals surface area contributed by atoms with Gasteiger partial charge in [0, 0.05) is 13.1 Å². The molecule has 0 bridgehead atoms. The Morgan fingerprint density at radius 3 is 2.71 bits per heavy atom. The maximum absolute atomic E-state index is 12.9. The topological polar surface area (TPSA) is 49.4 Å². The molecule has 1 atom stereocenters. The van der Waals surface area contributed by atoms with Crippen molar-refractivity contribution in [3.05, 3.63) is 35.4 Å². The number of nitrogens with zero attached hydrogens (tertiary/aromatic N) is 1. The monoisotopic (exact) mass is 328 g/mol. The number of carbonyl (C=O) groups is 2. The van der Waals surface area contributed by atoms with Crippen molar-refractivity contribution in [2.24, 2.45) is 5.92 Å². The molecule has 0 radical (unpaired) electrons. The predicted octanol–water partition coefficient (Wildman–Crippen LogP) is 3.22. The lowest BCUT2D eigenvalue weighted by Gasteiger charge is -2.36. The third-order valence-electron chi connectivity index (χ3n) is 5.33. The van der Waals surface area contributed by atoms with Gasteiger partial charge in [-0.3, -0.25) is 9.59 Å². The van der Waals surface area contributed by atoms with Gasteiger partial charge in [-0.15, -0.1) is 0 Å². The van der Waals surface area contributed by atoms with Crippen LogP contribution in [0.15, 0.2) is 24.3 Å². The van der Waals surface area contributed by atoms with Gasteiger partial charge in [-0.1, -0.05) is 50.5 Å². The molecule has 0 unspecified atom stereocenters. The molecule has 0 saturated heterocycles. The van der Waals surface area contributed by atoms with E-state index in [0.29, 0.717) is 18.9 Å². The molecular weight excluding hydrogens is 300 g/mol. The van der Waals surface area contributed by atoms with Crippen molar-refractivity contribution in [3.8, 4) is 0 Å². The van der Waals surface area contributed by atoms with E-state index in [2.05, 4.69) is 5.32 Å². The van der Waals surface area contributed by atoms with Gasteiger partial charge < -0.3 is 10.2 Å². The molecule has 2 amide bonds. The second-order valence-corrected chi connectivity index (χ2v) is 7.11. The third kappa shape index (κ3) is 3.63. The molecule has 2 aliphatic rings. The maximum atomic E-state index is 12.9. The molecule has 24 heavy (non-hydrogen) atoms. The van der Waals surface area contributed by atoms with E-state index < -0.39 is 6.04 Å². The van der Waals surface area contributed by atoms with Crippen molar-refractivity contribution in [2.45, 2.75) is 57.9 Å². The van der Waals surface area contributed by atoms with E-state index in [4.69, 9.17) is 0 Å². The normalized spacial score (nSPS) is 21.5. The molecule has 1 aliphatic carbocycles. The molecule has 1 aromatic rings. The van der Waals surface area contributed by atoms with Crippen LogP contribution in [-0.4, -0.2) is 29.8 Å². The molecule has 4 nitrogen and oxygen atoms in total. The lowest BCUT2D eigenvalue weighted by atomic mass is 9.88. The Hall–Kier alpha value is -1.84. The summed E-state index contributed by atoms with van der Waals surface area (Å²) in [5.41, 5.74) is 1.99. The Bertz CT molecular complexity index is 593. The summed E-state index contributed by atoms with van der Waals surface area (Å²) in [5, 5.41) is 3.14. The van der Waals surface area contributed by atoms with Gasteiger partial charge in [0.1, 0.15) is 6.04 Å². The molecular formula is C20H28N2O2. The molecule has 130 valence electrons. The zero-order valence-corrected chi connectivity index (χ0v) is 14.6. The van der Waals surface area contributed by atoms with E-state index in [0.717, 1.165) is 24.1 Å². The van der Waals surface area contributed by atoms with E-state index in [9.17, 15) is 9.59 Å².